The van der Waals surface area contributed by atoms with Crippen molar-refractivity contribution in [3.63, 3.8) is 0 Å². The molecule has 2 unspecified atom stereocenters. The number of allylic oxidation sites excluding steroid dienone is 1. The van der Waals surface area contributed by atoms with Gasteiger partial charge in [0.05, 0.1) is 17.6 Å². The molecule has 2 atom stereocenters. The molecule has 0 radical (unpaired) electrons. The van der Waals surface area contributed by atoms with Crippen LogP contribution in [0.1, 0.15) is 55.9 Å². The molecule has 2 nitrogen and oxygen atoms in total. The molecule has 1 saturated heterocycles. The van der Waals surface area contributed by atoms with Crippen LogP contribution in [0.4, 0.5) is 13.2 Å². The van der Waals surface area contributed by atoms with Crippen LogP contribution >= 0.6 is 0 Å². The molecule has 0 spiro atoms. The first-order valence-corrected chi connectivity index (χ1v) is 11.2. The number of halogens is 3. The predicted molar refractivity (Wildman–Crippen MR) is 122 cm³/mol. The summed E-state index contributed by atoms with van der Waals surface area (Å²) in [6.07, 6.45) is -0.928. The van der Waals surface area contributed by atoms with Crippen molar-refractivity contribution < 1.29 is 22.7 Å². The highest BCUT2D eigenvalue weighted by atomic mass is 19.4. The second-order valence-electron chi connectivity index (χ2n) is 8.29. The molecule has 0 amide bonds. The van der Waals surface area contributed by atoms with Crippen LogP contribution in [0.2, 0.25) is 0 Å². The van der Waals surface area contributed by atoms with Crippen molar-refractivity contribution in [1.29, 1.82) is 0 Å². The summed E-state index contributed by atoms with van der Waals surface area (Å²) in [4.78, 5) is 12.1. The number of aryl methyl sites for hydroxylation is 2. The van der Waals surface area contributed by atoms with Gasteiger partial charge in [0.25, 0.3) is 0 Å². The first-order chi connectivity index (χ1) is 15.1. The van der Waals surface area contributed by atoms with Gasteiger partial charge in [0.1, 0.15) is 0 Å². The van der Waals surface area contributed by atoms with E-state index < -0.39 is 11.7 Å². The molecule has 2 aromatic rings. The molecule has 0 aromatic heterocycles. The van der Waals surface area contributed by atoms with Gasteiger partial charge in [-0.2, -0.15) is 13.2 Å². The van der Waals surface area contributed by atoms with Crippen LogP contribution < -0.4 is 0 Å². The van der Waals surface area contributed by atoms with E-state index >= 15 is 0 Å². The third-order valence-corrected chi connectivity index (χ3v) is 6.03. The van der Waals surface area contributed by atoms with Crippen molar-refractivity contribution >= 4 is 5.97 Å². The molecule has 2 aliphatic rings. The first-order valence-electron chi connectivity index (χ1n) is 11.2. The van der Waals surface area contributed by atoms with Crippen molar-refractivity contribution in [1.82, 2.24) is 0 Å². The van der Waals surface area contributed by atoms with Crippen LogP contribution in [-0.4, -0.2) is 12.6 Å². The van der Waals surface area contributed by atoms with E-state index in [4.69, 9.17) is 4.74 Å². The lowest BCUT2D eigenvalue weighted by Crippen LogP contribution is -2.31. The lowest BCUT2D eigenvalue weighted by atomic mass is 9.75. The molecule has 2 aromatic carbocycles. The van der Waals surface area contributed by atoms with E-state index in [0.29, 0.717) is 12.5 Å². The summed E-state index contributed by atoms with van der Waals surface area (Å²) in [5, 5.41) is 0. The molecule has 0 bridgehead atoms. The smallest absolute Gasteiger partial charge is 0.416 e. The molecular weight excluding hydrogens is 413 g/mol. The number of alkyl halides is 3. The van der Waals surface area contributed by atoms with Gasteiger partial charge in [0, 0.05) is 5.92 Å². The monoisotopic (exact) mass is 446 g/mol. The van der Waals surface area contributed by atoms with Crippen molar-refractivity contribution in [2.24, 2.45) is 11.3 Å². The third kappa shape index (κ3) is 6.02. The minimum Gasteiger partial charge on any atom is -0.465 e. The quantitative estimate of drug-likeness (QED) is 0.364. The normalized spacial score (nSPS) is 21.7. The van der Waals surface area contributed by atoms with Gasteiger partial charge in [0.15, 0.2) is 0 Å². The predicted octanol–water partition coefficient (Wildman–Crippen LogP) is 7.34. The van der Waals surface area contributed by atoms with Crippen LogP contribution in [0.3, 0.4) is 0 Å². The van der Waals surface area contributed by atoms with E-state index in [0.717, 1.165) is 43.4 Å². The van der Waals surface area contributed by atoms with E-state index in [1.165, 1.54) is 28.8 Å². The van der Waals surface area contributed by atoms with Crippen LogP contribution in [0.5, 0.6) is 0 Å². The number of fused-ring (bicyclic) bond motifs is 1. The molecule has 1 aliphatic carbocycles. The first kappa shape index (κ1) is 25.7. The topological polar surface area (TPSA) is 26.3 Å². The second-order valence-corrected chi connectivity index (χ2v) is 8.29. The van der Waals surface area contributed by atoms with E-state index in [1.54, 1.807) is 0 Å². The second kappa shape index (κ2) is 10.8. The fourth-order valence-corrected chi connectivity index (χ4v) is 4.26. The van der Waals surface area contributed by atoms with Gasteiger partial charge in [-0.25, -0.2) is 0 Å². The number of benzene rings is 2. The van der Waals surface area contributed by atoms with Crippen molar-refractivity contribution in [3.8, 4) is 0 Å². The largest absolute Gasteiger partial charge is 0.465 e. The van der Waals surface area contributed by atoms with Gasteiger partial charge in [-0.1, -0.05) is 74.9 Å². The summed E-state index contributed by atoms with van der Waals surface area (Å²) in [6.45, 7) is 12.6. The number of rotatable bonds is 3. The van der Waals surface area contributed by atoms with Gasteiger partial charge < -0.3 is 4.74 Å². The maximum absolute atomic E-state index is 12.1. The van der Waals surface area contributed by atoms with E-state index in [2.05, 4.69) is 37.8 Å². The Morgan fingerprint density at radius 1 is 1.03 bits per heavy atom. The summed E-state index contributed by atoms with van der Waals surface area (Å²) in [7, 11) is 0. The number of carbonyl (C=O) groups excluding carboxylic acids is 1. The fraction of sp³-hybridized carbons (Fsp3) is 0.444. The number of carbonyl (C=O) groups is 1. The minimum absolute atomic E-state index is 0.0216. The van der Waals surface area contributed by atoms with Gasteiger partial charge in [-0.05, 0) is 55.9 Å². The molecule has 4 rings (SSSR count). The summed E-state index contributed by atoms with van der Waals surface area (Å²) in [5.74, 6) is 0.311. The highest BCUT2D eigenvalue weighted by Crippen LogP contribution is 2.52. The number of hydrogen-bond acceptors (Lipinski definition) is 2. The maximum atomic E-state index is 12.1. The highest BCUT2D eigenvalue weighted by molar-refractivity contribution is 5.81. The Morgan fingerprint density at radius 3 is 2.12 bits per heavy atom. The molecule has 1 saturated carbocycles. The zero-order valence-corrected chi connectivity index (χ0v) is 19.4. The van der Waals surface area contributed by atoms with Gasteiger partial charge >= 0.3 is 12.1 Å². The number of ether oxygens (including phenoxy) is 1. The molecule has 1 aliphatic heterocycles. The Bertz CT molecular complexity index is 898. The third-order valence-electron chi connectivity index (χ3n) is 6.03. The summed E-state index contributed by atoms with van der Waals surface area (Å²) in [5.41, 5.74) is 3.68. The lowest BCUT2D eigenvalue weighted by Gasteiger charge is -2.24. The average Bonchev–Trinajstić information content (AvgIpc) is 3.25. The van der Waals surface area contributed by atoms with Crippen LogP contribution in [0.15, 0.2) is 60.7 Å². The lowest BCUT2D eigenvalue weighted by molar-refractivity contribution is -0.146. The zero-order valence-electron chi connectivity index (χ0n) is 19.4. The molecular formula is C27H33F3O2. The van der Waals surface area contributed by atoms with Gasteiger partial charge in [-0.15, -0.1) is 0 Å². The van der Waals surface area contributed by atoms with Crippen LogP contribution in [0, 0.1) is 18.3 Å². The number of hydrogen-bond donors (Lipinski definition) is 0. The van der Waals surface area contributed by atoms with E-state index in [-0.39, 0.29) is 11.4 Å². The zero-order chi connectivity index (χ0) is 23.9. The number of esters is 1. The average molecular weight is 447 g/mol. The Balaban J connectivity index is 0.000000227. The minimum atomic E-state index is -4.22. The van der Waals surface area contributed by atoms with E-state index in [1.807, 2.05) is 20.8 Å². The summed E-state index contributed by atoms with van der Waals surface area (Å²) in [6, 6.07) is 13.7. The van der Waals surface area contributed by atoms with Crippen molar-refractivity contribution in [3.05, 3.63) is 82.9 Å². The van der Waals surface area contributed by atoms with Crippen molar-refractivity contribution in [2.45, 2.75) is 59.6 Å². The maximum Gasteiger partial charge on any atom is 0.416 e. The van der Waals surface area contributed by atoms with Gasteiger partial charge in [0.2, 0.25) is 0 Å². The Morgan fingerprint density at radius 2 is 1.59 bits per heavy atom. The molecule has 174 valence electrons. The summed E-state index contributed by atoms with van der Waals surface area (Å²) >= 11 is 0. The van der Waals surface area contributed by atoms with Crippen LogP contribution in [-0.2, 0) is 28.5 Å². The molecule has 32 heavy (non-hydrogen) atoms. The highest BCUT2D eigenvalue weighted by Gasteiger charge is 2.55. The summed E-state index contributed by atoms with van der Waals surface area (Å²) < 4.78 is 41.4. The fourth-order valence-electron chi connectivity index (χ4n) is 4.26. The SMILES string of the molecule is C=C1CC2COC(=O)C2(Cc2ccc(C)cc2)C1.CC.CCc1ccc(C(F)(F)F)cc1. The molecule has 2 fully saturated rings. The standard InChI is InChI=1S/C16H18O2.C9H9F3.C2H6/c1-11-3-5-13(6-4-11)9-16-8-12(2)7-14(16)10-18-15(16)17;1-2-7-3-5-8(6-4-7)9(10,11)12;1-2/h3-6,14H,2,7-10H2,1H3;3-6H,2H2,1H3;1-2H3. The van der Waals surface area contributed by atoms with E-state index in [9.17, 15) is 18.0 Å². The Hall–Kier alpha value is -2.56. The Kier molecular flexibility index (Phi) is 8.71. The Labute approximate surface area is 189 Å². The molecule has 5 heteroatoms. The van der Waals surface area contributed by atoms with Crippen LogP contribution in [0.25, 0.3) is 0 Å². The molecule has 0 N–H and O–H groups in total. The molecule has 1 heterocycles. The van der Waals surface area contributed by atoms with Crippen molar-refractivity contribution in [2.75, 3.05) is 6.61 Å². The number of cyclic esters (lactones) is 1. The van der Waals surface area contributed by atoms with Gasteiger partial charge in [-0.3, -0.25) is 4.79 Å².